The average molecular weight is 443 g/mol. The van der Waals surface area contributed by atoms with Gasteiger partial charge in [0, 0.05) is 0 Å². The van der Waals surface area contributed by atoms with Crippen molar-refractivity contribution in [3.63, 3.8) is 0 Å². The maximum atomic E-state index is 2.40. The monoisotopic (exact) mass is 442 g/mol. The van der Waals surface area contributed by atoms with Gasteiger partial charge in [-0.2, -0.15) is 0 Å². The van der Waals surface area contributed by atoms with Crippen LogP contribution in [0.25, 0.3) is 6.08 Å². The van der Waals surface area contributed by atoms with Crippen molar-refractivity contribution in [2.45, 2.75) is 135 Å². The van der Waals surface area contributed by atoms with Gasteiger partial charge in [-0.05, 0) is 31.4 Å². The summed E-state index contributed by atoms with van der Waals surface area (Å²) in [5.41, 5.74) is 1.30. The van der Waals surface area contributed by atoms with E-state index in [0.717, 1.165) is 4.48 Å². The minimum Gasteiger partial charge on any atom is -0.300 e. The highest BCUT2D eigenvalue weighted by atomic mass is 15.3. The largest absolute Gasteiger partial charge is 0.300 e. The molecule has 1 atom stereocenters. The van der Waals surface area contributed by atoms with E-state index in [1.807, 2.05) is 0 Å². The van der Waals surface area contributed by atoms with E-state index in [1.54, 1.807) is 0 Å². The Morgan fingerprint density at radius 2 is 1.03 bits per heavy atom. The number of hydrogen-bond donors (Lipinski definition) is 0. The van der Waals surface area contributed by atoms with Crippen LogP contribution in [0, 0.1) is 0 Å². The smallest absolute Gasteiger partial charge is 0.0962 e. The van der Waals surface area contributed by atoms with Crippen LogP contribution in [0.5, 0.6) is 0 Å². The normalized spacial score (nSPS) is 13.1. The highest BCUT2D eigenvalue weighted by molar-refractivity contribution is 5.47. The van der Waals surface area contributed by atoms with Crippen molar-refractivity contribution in [1.29, 1.82) is 0 Å². The lowest BCUT2D eigenvalue weighted by molar-refractivity contribution is -0.863. The first kappa shape index (κ1) is 29.0. The van der Waals surface area contributed by atoms with E-state index < -0.39 is 0 Å². The molecule has 1 aromatic carbocycles. The van der Waals surface area contributed by atoms with Gasteiger partial charge in [-0.15, -0.1) is 0 Å². The third-order valence-electron chi connectivity index (χ3n) is 7.31. The zero-order valence-corrected chi connectivity index (χ0v) is 22.3. The van der Waals surface area contributed by atoms with Gasteiger partial charge in [0.1, 0.15) is 0 Å². The van der Waals surface area contributed by atoms with Gasteiger partial charge in [-0.3, -0.25) is 4.48 Å². The molecule has 1 heteroatoms. The van der Waals surface area contributed by atoms with Crippen LogP contribution in [0.3, 0.4) is 0 Å². The molecule has 32 heavy (non-hydrogen) atoms. The fraction of sp³-hybridized carbons (Fsp3) is 0.742. The molecule has 0 saturated heterocycles. The molecule has 184 valence electrons. The molecule has 1 rings (SSSR count). The average Bonchev–Trinajstić information content (AvgIpc) is 2.80. The van der Waals surface area contributed by atoms with Gasteiger partial charge >= 0.3 is 0 Å². The first-order chi connectivity index (χ1) is 15.6. The molecule has 0 spiro atoms. The predicted molar refractivity (Wildman–Crippen MR) is 146 cm³/mol. The summed E-state index contributed by atoms with van der Waals surface area (Å²) in [5.74, 6) is 0. The number of unbranched alkanes of at least 4 members (excludes halogenated alkanes) is 16. The van der Waals surface area contributed by atoms with Crippen LogP contribution < -0.4 is 0 Å². The number of benzene rings is 1. The predicted octanol–water partition coefficient (Wildman–Crippen LogP) is 10.2. The second-order valence-electron chi connectivity index (χ2n) is 10.7. The molecule has 0 radical (unpaired) electrons. The molecule has 0 aliphatic carbocycles. The summed E-state index contributed by atoms with van der Waals surface area (Å²) < 4.78 is 0.966. The summed E-state index contributed by atoms with van der Waals surface area (Å²) in [6.45, 7) is 4.70. The molecular weight excluding hydrogens is 386 g/mol. The van der Waals surface area contributed by atoms with Gasteiger partial charge in [-0.25, -0.2) is 0 Å². The highest BCUT2D eigenvalue weighted by Gasteiger charge is 2.20. The third-order valence-corrected chi connectivity index (χ3v) is 7.31. The third kappa shape index (κ3) is 15.7. The van der Waals surface area contributed by atoms with Crippen LogP contribution in [0.15, 0.2) is 36.5 Å². The molecule has 1 aromatic rings. The lowest BCUT2D eigenvalue weighted by Gasteiger charge is -2.32. The van der Waals surface area contributed by atoms with Crippen molar-refractivity contribution in [1.82, 2.24) is 0 Å². The second-order valence-corrected chi connectivity index (χ2v) is 10.7. The Morgan fingerprint density at radius 1 is 0.625 bits per heavy atom. The van der Waals surface area contributed by atoms with Crippen molar-refractivity contribution in [3.8, 4) is 0 Å². The van der Waals surface area contributed by atoms with Crippen LogP contribution in [0.2, 0.25) is 0 Å². The molecule has 0 aliphatic rings. The highest BCUT2D eigenvalue weighted by Crippen LogP contribution is 2.18. The molecule has 0 aliphatic heterocycles. The lowest BCUT2D eigenvalue weighted by atomic mass is 10.0. The van der Waals surface area contributed by atoms with E-state index in [0.29, 0.717) is 6.04 Å². The summed E-state index contributed by atoms with van der Waals surface area (Å²) in [7, 11) is 4.66. The van der Waals surface area contributed by atoms with Crippen LogP contribution in [0.1, 0.15) is 135 Å². The second kappa shape index (κ2) is 19.4. The summed E-state index contributed by atoms with van der Waals surface area (Å²) >= 11 is 0. The number of quaternary nitrogens is 1. The van der Waals surface area contributed by atoms with E-state index in [9.17, 15) is 0 Å². The SMILES string of the molecule is CCCCCCCCCCCCCCCCCCCC(C)[N+](C)(C)C=Cc1ccccc1. The summed E-state index contributed by atoms with van der Waals surface area (Å²) in [5, 5.41) is 0. The number of nitrogens with zero attached hydrogens (tertiary/aromatic N) is 1. The van der Waals surface area contributed by atoms with Gasteiger partial charge in [-0.1, -0.05) is 140 Å². The standard InChI is InChI=1S/C31H56N/c1-5-6-7-8-9-10-11-12-13-14-15-16-17-18-19-20-22-25-30(2)32(3,4)29-28-31-26-23-21-24-27-31/h21,23-24,26-30H,5-20,22,25H2,1-4H3/q+1. The van der Waals surface area contributed by atoms with E-state index in [2.05, 4.69) is 70.6 Å². The molecular formula is C31H56N+. The van der Waals surface area contributed by atoms with Crippen molar-refractivity contribution in [2.24, 2.45) is 0 Å². The Hall–Kier alpha value is -1.08. The van der Waals surface area contributed by atoms with E-state index in [1.165, 1.54) is 121 Å². The zero-order chi connectivity index (χ0) is 23.3. The summed E-state index contributed by atoms with van der Waals surface area (Å²) in [6.07, 6.45) is 30.5. The van der Waals surface area contributed by atoms with Crippen LogP contribution in [-0.2, 0) is 0 Å². The molecule has 0 amide bonds. The molecule has 1 unspecified atom stereocenters. The molecule has 0 bridgehead atoms. The Kier molecular flexibility index (Phi) is 17.5. The molecule has 0 saturated carbocycles. The topological polar surface area (TPSA) is 0 Å². The Bertz CT molecular complexity index is 545. The van der Waals surface area contributed by atoms with Gasteiger partial charge < -0.3 is 0 Å². The fourth-order valence-electron chi connectivity index (χ4n) is 4.49. The first-order valence-corrected chi connectivity index (χ1v) is 14.1. The quantitative estimate of drug-likeness (QED) is 0.131. The Labute approximate surface area is 202 Å². The minimum absolute atomic E-state index is 0.673. The van der Waals surface area contributed by atoms with Crippen molar-refractivity contribution >= 4 is 6.08 Å². The zero-order valence-electron chi connectivity index (χ0n) is 22.3. The van der Waals surface area contributed by atoms with E-state index >= 15 is 0 Å². The maximum absolute atomic E-state index is 2.40. The van der Waals surface area contributed by atoms with Crippen LogP contribution in [-0.4, -0.2) is 24.6 Å². The first-order valence-electron chi connectivity index (χ1n) is 14.1. The van der Waals surface area contributed by atoms with Gasteiger partial charge in [0.05, 0.1) is 26.3 Å². The molecule has 0 N–H and O–H groups in total. The van der Waals surface area contributed by atoms with Gasteiger partial charge in [0.25, 0.3) is 0 Å². The Balaban J connectivity index is 1.90. The van der Waals surface area contributed by atoms with Crippen LogP contribution in [0.4, 0.5) is 0 Å². The van der Waals surface area contributed by atoms with Crippen molar-refractivity contribution in [2.75, 3.05) is 14.1 Å². The Morgan fingerprint density at radius 3 is 1.47 bits per heavy atom. The summed E-state index contributed by atoms with van der Waals surface area (Å²) in [6, 6.07) is 11.3. The molecule has 0 fully saturated rings. The minimum atomic E-state index is 0.673. The summed E-state index contributed by atoms with van der Waals surface area (Å²) in [4.78, 5) is 0. The van der Waals surface area contributed by atoms with Gasteiger partial charge in [0.15, 0.2) is 0 Å². The lowest BCUT2D eigenvalue weighted by Crippen LogP contribution is -2.42. The van der Waals surface area contributed by atoms with Gasteiger partial charge in [0.2, 0.25) is 0 Å². The number of hydrogen-bond acceptors (Lipinski definition) is 0. The van der Waals surface area contributed by atoms with E-state index in [4.69, 9.17) is 0 Å². The molecule has 0 heterocycles. The van der Waals surface area contributed by atoms with E-state index in [-0.39, 0.29) is 0 Å². The van der Waals surface area contributed by atoms with Crippen LogP contribution >= 0.6 is 0 Å². The van der Waals surface area contributed by atoms with Crippen molar-refractivity contribution < 1.29 is 4.48 Å². The fourth-order valence-corrected chi connectivity index (χ4v) is 4.49. The maximum Gasteiger partial charge on any atom is 0.0962 e. The number of rotatable bonds is 21. The molecule has 0 aromatic heterocycles. The molecule has 1 nitrogen and oxygen atoms in total. The van der Waals surface area contributed by atoms with Crippen molar-refractivity contribution in [3.05, 3.63) is 42.1 Å².